The zero-order valence-corrected chi connectivity index (χ0v) is 13.3. The van der Waals surface area contributed by atoms with Gasteiger partial charge in [-0.05, 0) is 39.8 Å². The van der Waals surface area contributed by atoms with Gasteiger partial charge in [0.1, 0.15) is 11.4 Å². The molecule has 0 aliphatic heterocycles. The smallest absolute Gasteiger partial charge is 0.343 e. The van der Waals surface area contributed by atoms with Crippen molar-refractivity contribution in [2.75, 3.05) is 6.61 Å². The number of halogens is 2. The molecule has 0 N–H and O–H groups in total. The molecule has 0 aliphatic carbocycles. The Morgan fingerprint density at radius 1 is 1.24 bits per heavy atom. The number of carbonyl (C=O) groups excluding carboxylic acids is 2. The lowest BCUT2D eigenvalue weighted by molar-refractivity contribution is -0.138. The van der Waals surface area contributed by atoms with E-state index in [9.17, 15) is 14.0 Å². The number of benzene rings is 1. The number of hydrogen-bond acceptors (Lipinski definition) is 3. The van der Waals surface area contributed by atoms with E-state index in [0.29, 0.717) is 0 Å². The van der Waals surface area contributed by atoms with Crippen LogP contribution in [-0.4, -0.2) is 35.5 Å². The Hall–Kier alpha value is -1.62. The second kappa shape index (κ2) is 7.41. The molecule has 0 bridgehead atoms. The molecule has 6 heteroatoms. The van der Waals surface area contributed by atoms with Crippen LogP contribution in [0.3, 0.4) is 0 Å². The van der Waals surface area contributed by atoms with Gasteiger partial charge < -0.3 is 9.64 Å². The van der Waals surface area contributed by atoms with Crippen molar-refractivity contribution < 1.29 is 18.7 Å². The topological polar surface area (TPSA) is 46.6 Å². The summed E-state index contributed by atoms with van der Waals surface area (Å²) in [5, 5.41) is -0.0444. The van der Waals surface area contributed by atoms with Gasteiger partial charge in [-0.3, -0.25) is 4.79 Å². The maximum Gasteiger partial charge on any atom is 0.343 e. The summed E-state index contributed by atoms with van der Waals surface area (Å²) in [6.07, 6.45) is 0. The molecule has 4 nitrogen and oxygen atoms in total. The molecule has 0 aromatic heterocycles. The molecular weight excluding hydrogens is 297 g/mol. The van der Waals surface area contributed by atoms with Crippen LogP contribution in [0, 0.1) is 5.82 Å². The third-order valence-electron chi connectivity index (χ3n) is 2.89. The van der Waals surface area contributed by atoms with E-state index in [1.54, 1.807) is 4.90 Å². The van der Waals surface area contributed by atoms with Crippen molar-refractivity contribution in [3.63, 3.8) is 0 Å². The molecule has 1 aromatic rings. The van der Waals surface area contributed by atoms with Crippen molar-refractivity contribution in [3.8, 4) is 0 Å². The van der Waals surface area contributed by atoms with Crippen molar-refractivity contribution in [2.24, 2.45) is 0 Å². The summed E-state index contributed by atoms with van der Waals surface area (Å²) >= 11 is 5.77. The van der Waals surface area contributed by atoms with E-state index in [1.165, 1.54) is 12.1 Å². The first-order valence-electron chi connectivity index (χ1n) is 6.68. The largest absolute Gasteiger partial charge is 0.452 e. The molecule has 0 radical (unpaired) electrons. The predicted octanol–water partition coefficient (Wildman–Crippen LogP) is 3.28. The highest BCUT2D eigenvalue weighted by atomic mass is 35.5. The third-order valence-corrected chi connectivity index (χ3v) is 3.21. The minimum atomic E-state index is -0.945. The number of esters is 1. The van der Waals surface area contributed by atoms with Gasteiger partial charge in [0.2, 0.25) is 0 Å². The van der Waals surface area contributed by atoms with E-state index >= 15 is 0 Å². The quantitative estimate of drug-likeness (QED) is 0.783. The monoisotopic (exact) mass is 315 g/mol. The molecule has 1 rings (SSSR count). The van der Waals surface area contributed by atoms with E-state index in [4.69, 9.17) is 16.3 Å². The molecule has 0 saturated carbocycles. The molecule has 0 aliphatic rings. The van der Waals surface area contributed by atoms with Crippen LogP contribution in [0.15, 0.2) is 18.2 Å². The van der Waals surface area contributed by atoms with Gasteiger partial charge in [0, 0.05) is 12.1 Å². The van der Waals surface area contributed by atoms with Crippen LogP contribution in [0.25, 0.3) is 0 Å². The Balaban J connectivity index is 2.75. The molecule has 0 fully saturated rings. The number of rotatable bonds is 5. The van der Waals surface area contributed by atoms with Gasteiger partial charge in [0.15, 0.2) is 6.61 Å². The third kappa shape index (κ3) is 4.43. The van der Waals surface area contributed by atoms with Crippen molar-refractivity contribution in [3.05, 3.63) is 34.6 Å². The summed E-state index contributed by atoms with van der Waals surface area (Å²) in [4.78, 5) is 25.5. The van der Waals surface area contributed by atoms with Gasteiger partial charge in [0.25, 0.3) is 5.91 Å². The van der Waals surface area contributed by atoms with Gasteiger partial charge in [-0.1, -0.05) is 17.7 Å². The molecule has 21 heavy (non-hydrogen) atoms. The summed E-state index contributed by atoms with van der Waals surface area (Å²) in [6.45, 7) is 7.03. The van der Waals surface area contributed by atoms with E-state index in [1.807, 2.05) is 27.7 Å². The lowest BCUT2D eigenvalue weighted by Crippen LogP contribution is -2.44. The van der Waals surface area contributed by atoms with Gasteiger partial charge in [0.05, 0.1) is 5.02 Å². The molecule has 116 valence electrons. The highest BCUT2D eigenvalue weighted by Crippen LogP contribution is 2.20. The van der Waals surface area contributed by atoms with Crippen LogP contribution in [-0.2, 0) is 9.53 Å². The van der Waals surface area contributed by atoms with E-state index in [2.05, 4.69) is 0 Å². The zero-order chi connectivity index (χ0) is 16.2. The van der Waals surface area contributed by atoms with Crippen LogP contribution in [0.1, 0.15) is 38.1 Å². The Bertz CT molecular complexity index is 503. The molecule has 0 unspecified atom stereocenters. The summed E-state index contributed by atoms with van der Waals surface area (Å²) in [5.41, 5.74) is -0.354. The molecule has 0 saturated heterocycles. The summed E-state index contributed by atoms with van der Waals surface area (Å²) in [5.74, 6) is -2.05. The van der Waals surface area contributed by atoms with Crippen molar-refractivity contribution >= 4 is 23.5 Å². The second-order valence-corrected chi connectivity index (χ2v) is 5.57. The normalized spacial score (nSPS) is 10.9. The van der Waals surface area contributed by atoms with Crippen LogP contribution in [0.4, 0.5) is 4.39 Å². The first-order valence-corrected chi connectivity index (χ1v) is 7.05. The average Bonchev–Trinajstić information content (AvgIpc) is 2.35. The fraction of sp³-hybridized carbons (Fsp3) is 0.467. The fourth-order valence-electron chi connectivity index (χ4n) is 2.14. The summed E-state index contributed by atoms with van der Waals surface area (Å²) < 4.78 is 18.4. The van der Waals surface area contributed by atoms with Crippen LogP contribution in [0.5, 0.6) is 0 Å². The first kappa shape index (κ1) is 17.4. The van der Waals surface area contributed by atoms with Crippen molar-refractivity contribution in [1.29, 1.82) is 0 Å². The number of amides is 1. The number of hydrogen-bond donors (Lipinski definition) is 0. The highest BCUT2D eigenvalue weighted by Gasteiger charge is 2.23. The molecular formula is C15H19ClFNO3. The maximum atomic E-state index is 13.6. The number of nitrogens with zero attached hydrogens (tertiary/aromatic N) is 1. The first-order chi connectivity index (χ1) is 9.75. The van der Waals surface area contributed by atoms with E-state index in [0.717, 1.165) is 6.07 Å². The van der Waals surface area contributed by atoms with Gasteiger partial charge >= 0.3 is 5.97 Å². The van der Waals surface area contributed by atoms with E-state index < -0.39 is 18.4 Å². The number of ether oxygens (including phenoxy) is 1. The molecule has 0 atom stereocenters. The Morgan fingerprint density at radius 3 is 2.29 bits per heavy atom. The molecule has 1 amide bonds. The zero-order valence-electron chi connectivity index (χ0n) is 12.5. The van der Waals surface area contributed by atoms with Crippen LogP contribution >= 0.6 is 11.6 Å². The van der Waals surface area contributed by atoms with Crippen LogP contribution < -0.4 is 0 Å². The number of carbonyl (C=O) groups is 2. The summed E-state index contributed by atoms with van der Waals surface area (Å²) in [6, 6.07) is 3.84. The van der Waals surface area contributed by atoms with Crippen LogP contribution in [0.2, 0.25) is 5.02 Å². The molecule has 1 aromatic carbocycles. The molecule has 0 spiro atoms. The van der Waals surface area contributed by atoms with E-state index in [-0.39, 0.29) is 28.6 Å². The standard InChI is InChI=1S/C15H19ClFNO3/c1-9(2)18(10(3)4)13(19)8-21-15(20)14-11(16)6-5-7-12(14)17/h5-7,9-10H,8H2,1-4H3. The molecule has 0 heterocycles. The lowest BCUT2D eigenvalue weighted by Gasteiger charge is -2.30. The van der Waals surface area contributed by atoms with Gasteiger partial charge in [-0.25, -0.2) is 9.18 Å². The van der Waals surface area contributed by atoms with Gasteiger partial charge in [-0.2, -0.15) is 0 Å². The van der Waals surface area contributed by atoms with Crippen molar-refractivity contribution in [2.45, 2.75) is 39.8 Å². The SMILES string of the molecule is CC(C)N(C(=O)COC(=O)c1c(F)cccc1Cl)C(C)C. The van der Waals surface area contributed by atoms with Gasteiger partial charge in [-0.15, -0.1) is 0 Å². The fourth-order valence-corrected chi connectivity index (χ4v) is 2.38. The maximum absolute atomic E-state index is 13.6. The Kier molecular flexibility index (Phi) is 6.15. The Labute approximate surface area is 128 Å². The highest BCUT2D eigenvalue weighted by molar-refractivity contribution is 6.33. The predicted molar refractivity (Wildman–Crippen MR) is 78.8 cm³/mol. The minimum Gasteiger partial charge on any atom is -0.452 e. The lowest BCUT2D eigenvalue weighted by atomic mass is 10.2. The minimum absolute atomic E-state index is 0.0201. The average molecular weight is 316 g/mol. The van der Waals surface area contributed by atoms with Crippen molar-refractivity contribution in [1.82, 2.24) is 4.90 Å². The Morgan fingerprint density at radius 2 is 1.81 bits per heavy atom. The summed E-state index contributed by atoms with van der Waals surface area (Å²) in [7, 11) is 0. The second-order valence-electron chi connectivity index (χ2n) is 5.16.